The first-order valence-corrected chi connectivity index (χ1v) is 9.19. The molecule has 1 aliphatic rings. The van der Waals surface area contributed by atoms with Crippen molar-refractivity contribution >= 4 is 33.4 Å². The topological polar surface area (TPSA) is 54.9 Å². The molecule has 0 bridgehead atoms. The largest absolute Gasteiger partial charge is 0.351 e. The molecule has 20 heavy (non-hydrogen) atoms. The fraction of sp³-hybridized carbons (Fsp3) is 0.786. The average Bonchev–Trinajstić information content (AvgIpc) is 2.94. The highest BCUT2D eigenvalue weighted by Gasteiger charge is 2.25. The van der Waals surface area contributed by atoms with Crippen LogP contribution in [0.1, 0.15) is 60.8 Å². The molecule has 2 unspecified atom stereocenters. The van der Waals surface area contributed by atoms with Crippen molar-refractivity contribution in [2.24, 2.45) is 11.8 Å². The van der Waals surface area contributed by atoms with Gasteiger partial charge in [-0.2, -0.15) is 0 Å². The van der Waals surface area contributed by atoms with Gasteiger partial charge in [0.2, 0.25) is 0 Å². The maximum Gasteiger partial charge on any atom is 0.264 e. The number of nitrogens with zero attached hydrogens (tertiary/aromatic N) is 2. The summed E-state index contributed by atoms with van der Waals surface area (Å²) in [5, 5.41) is 8.18. The van der Waals surface area contributed by atoms with Crippen LogP contribution in [-0.2, 0) is 0 Å². The van der Waals surface area contributed by atoms with Gasteiger partial charge in [0.05, 0.1) is 5.69 Å². The summed E-state index contributed by atoms with van der Waals surface area (Å²) >= 11 is 4.79. The number of aromatic nitrogens is 2. The van der Waals surface area contributed by atoms with Crippen molar-refractivity contribution in [2.45, 2.75) is 45.4 Å². The minimum Gasteiger partial charge on any atom is -0.351 e. The molecule has 6 heteroatoms. The number of nitrogens with one attached hydrogen (secondary N) is 1. The van der Waals surface area contributed by atoms with Gasteiger partial charge in [0, 0.05) is 11.9 Å². The van der Waals surface area contributed by atoms with Gasteiger partial charge in [0.1, 0.15) is 4.88 Å². The summed E-state index contributed by atoms with van der Waals surface area (Å²) in [6, 6.07) is 0. The summed E-state index contributed by atoms with van der Waals surface area (Å²) in [6.07, 6.45) is 5.08. The van der Waals surface area contributed by atoms with Crippen molar-refractivity contribution in [3.8, 4) is 0 Å². The van der Waals surface area contributed by atoms with Gasteiger partial charge in [-0.25, -0.2) is 0 Å². The predicted octanol–water partition coefficient (Wildman–Crippen LogP) is 3.59. The van der Waals surface area contributed by atoms with Crippen LogP contribution in [0.5, 0.6) is 0 Å². The summed E-state index contributed by atoms with van der Waals surface area (Å²) in [6.45, 7) is 4.84. The van der Waals surface area contributed by atoms with E-state index < -0.39 is 0 Å². The van der Waals surface area contributed by atoms with Gasteiger partial charge in [-0.15, -0.1) is 5.10 Å². The first-order chi connectivity index (χ1) is 9.63. The summed E-state index contributed by atoms with van der Waals surface area (Å²) in [5.41, 5.74) is 0.813. The molecule has 1 fully saturated rings. The lowest BCUT2D eigenvalue weighted by Gasteiger charge is -2.30. The fourth-order valence-electron chi connectivity index (χ4n) is 2.79. The monoisotopic (exact) mass is 359 g/mol. The number of halogens is 1. The normalized spacial score (nSPS) is 23.0. The number of rotatable bonds is 5. The summed E-state index contributed by atoms with van der Waals surface area (Å²) in [5.74, 6) is 1.51. The van der Waals surface area contributed by atoms with E-state index in [-0.39, 0.29) is 11.8 Å². The molecule has 1 N–H and O–H groups in total. The van der Waals surface area contributed by atoms with Crippen molar-refractivity contribution in [1.29, 1.82) is 0 Å². The maximum absolute atomic E-state index is 12.3. The lowest BCUT2D eigenvalue weighted by Crippen LogP contribution is -2.34. The van der Waals surface area contributed by atoms with E-state index in [4.69, 9.17) is 0 Å². The minimum atomic E-state index is -0.0115. The van der Waals surface area contributed by atoms with Crippen LogP contribution in [0, 0.1) is 11.8 Å². The molecule has 1 heterocycles. The van der Waals surface area contributed by atoms with Crippen molar-refractivity contribution in [3.63, 3.8) is 0 Å². The summed E-state index contributed by atoms with van der Waals surface area (Å²) in [4.78, 5) is 12.9. The molecule has 1 aromatic heterocycles. The van der Waals surface area contributed by atoms with E-state index in [0.717, 1.165) is 17.6 Å². The van der Waals surface area contributed by atoms with Crippen molar-refractivity contribution in [2.75, 3.05) is 11.9 Å². The minimum absolute atomic E-state index is 0.0115. The zero-order valence-electron chi connectivity index (χ0n) is 12.1. The SMILES string of the molecule is CC(C)c1nnsc1C(=O)NCC1CCCCC1CBr. The number of alkyl halides is 1. The van der Waals surface area contributed by atoms with Crippen molar-refractivity contribution < 1.29 is 4.79 Å². The Morgan fingerprint density at radius 1 is 1.40 bits per heavy atom. The molecule has 0 aromatic carbocycles. The van der Waals surface area contributed by atoms with Gasteiger partial charge in [0.15, 0.2) is 0 Å². The third kappa shape index (κ3) is 3.79. The van der Waals surface area contributed by atoms with Gasteiger partial charge in [-0.05, 0) is 42.1 Å². The van der Waals surface area contributed by atoms with E-state index in [9.17, 15) is 4.79 Å². The van der Waals surface area contributed by atoms with Gasteiger partial charge in [-0.1, -0.05) is 47.1 Å². The molecule has 1 amide bonds. The molecule has 0 spiro atoms. The quantitative estimate of drug-likeness (QED) is 0.817. The molecular weight excluding hydrogens is 338 g/mol. The van der Waals surface area contributed by atoms with Gasteiger partial charge < -0.3 is 5.32 Å². The maximum atomic E-state index is 12.3. The van der Waals surface area contributed by atoms with Gasteiger partial charge in [-0.3, -0.25) is 4.79 Å². The molecule has 2 rings (SSSR count). The van der Waals surface area contributed by atoms with Crippen LogP contribution in [0.2, 0.25) is 0 Å². The average molecular weight is 360 g/mol. The first-order valence-electron chi connectivity index (χ1n) is 7.29. The van der Waals surface area contributed by atoms with Crippen LogP contribution in [0.4, 0.5) is 0 Å². The van der Waals surface area contributed by atoms with Crippen LogP contribution in [-0.4, -0.2) is 27.4 Å². The van der Waals surface area contributed by atoms with Crippen molar-refractivity contribution in [3.05, 3.63) is 10.6 Å². The zero-order chi connectivity index (χ0) is 14.5. The number of hydrogen-bond acceptors (Lipinski definition) is 4. The first kappa shape index (κ1) is 15.9. The predicted molar refractivity (Wildman–Crippen MR) is 85.6 cm³/mol. The fourth-order valence-corrected chi connectivity index (χ4v) is 4.38. The molecule has 1 aliphatic carbocycles. The summed E-state index contributed by atoms with van der Waals surface area (Å²) in [7, 11) is 0. The molecule has 0 saturated heterocycles. The Bertz CT molecular complexity index is 449. The Kier molecular flexibility index (Phi) is 5.96. The van der Waals surface area contributed by atoms with Crippen molar-refractivity contribution in [1.82, 2.24) is 14.9 Å². The smallest absolute Gasteiger partial charge is 0.264 e. The molecule has 2 atom stereocenters. The van der Waals surface area contributed by atoms with Crippen LogP contribution >= 0.6 is 27.5 Å². The zero-order valence-corrected chi connectivity index (χ0v) is 14.5. The molecule has 0 aliphatic heterocycles. The van der Waals surface area contributed by atoms with Crippen LogP contribution in [0.25, 0.3) is 0 Å². The Balaban J connectivity index is 1.93. The Morgan fingerprint density at radius 2 is 2.10 bits per heavy atom. The van der Waals surface area contributed by atoms with E-state index >= 15 is 0 Å². The van der Waals surface area contributed by atoms with E-state index in [0.29, 0.717) is 16.7 Å². The van der Waals surface area contributed by atoms with Crippen LogP contribution in [0.15, 0.2) is 0 Å². The third-order valence-corrected chi connectivity index (χ3v) is 5.63. The molecular formula is C14H22BrN3OS. The summed E-state index contributed by atoms with van der Waals surface area (Å²) < 4.78 is 3.91. The Labute approximate surface area is 133 Å². The van der Waals surface area contributed by atoms with Gasteiger partial charge in [0.25, 0.3) is 5.91 Å². The molecule has 0 radical (unpaired) electrons. The second-order valence-electron chi connectivity index (χ2n) is 5.81. The Morgan fingerprint density at radius 3 is 2.75 bits per heavy atom. The number of hydrogen-bond donors (Lipinski definition) is 1. The highest BCUT2D eigenvalue weighted by atomic mass is 79.9. The van der Waals surface area contributed by atoms with E-state index in [1.165, 1.54) is 37.2 Å². The van der Waals surface area contributed by atoms with Crippen LogP contribution in [0.3, 0.4) is 0 Å². The number of amides is 1. The number of carbonyl (C=O) groups excluding carboxylic acids is 1. The third-order valence-electron chi connectivity index (χ3n) is 4.06. The Hall–Kier alpha value is -0.490. The van der Waals surface area contributed by atoms with E-state index in [1.54, 1.807) is 0 Å². The highest BCUT2D eigenvalue weighted by molar-refractivity contribution is 9.09. The molecule has 112 valence electrons. The molecule has 1 saturated carbocycles. The standard InChI is InChI=1S/C14H22BrN3OS/c1-9(2)12-13(20-18-17-12)14(19)16-8-11-6-4-3-5-10(11)7-15/h9-11H,3-8H2,1-2H3,(H,16,19). The second-order valence-corrected chi connectivity index (χ2v) is 7.21. The van der Waals surface area contributed by atoms with E-state index in [2.05, 4.69) is 30.8 Å². The number of carbonyl (C=O) groups is 1. The van der Waals surface area contributed by atoms with E-state index in [1.807, 2.05) is 13.8 Å². The highest BCUT2D eigenvalue weighted by Crippen LogP contribution is 2.31. The van der Waals surface area contributed by atoms with Gasteiger partial charge >= 0.3 is 0 Å². The molecule has 4 nitrogen and oxygen atoms in total. The second kappa shape index (κ2) is 7.50. The molecule has 1 aromatic rings. The lowest BCUT2D eigenvalue weighted by atomic mass is 9.80. The van der Waals surface area contributed by atoms with Crippen LogP contribution < -0.4 is 5.32 Å². The lowest BCUT2D eigenvalue weighted by molar-refractivity contribution is 0.0939.